The van der Waals surface area contributed by atoms with Crippen LogP contribution in [0.1, 0.15) is 6.92 Å². The van der Waals surface area contributed by atoms with Gasteiger partial charge in [-0.25, -0.2) is 4.79 Å². The lowest BCUT2D eigenvalue weighted by Gasteiger charge is -2.02. The molecule has 1 aromatic heterocycles. The number of anilines is 1. The van der Waals surface area contributed by atoms with Crippen LogP contribution in [-0.4, -0.2) is 22.5 Å². The Hall–Kier alpha value is -2.04. The van der Waals surface area contributed by atoms with Gasteiger partial charge in [-0.3, -0.25) is 0 Å². The molecule has 0 aliphatic rings. The highest BCUT2D eigenvalue weighted by atomic mass is 16.5. The molecule has 0 saturated heterocycles. The van der Waals surface area contributed by atoms with Crippen molar-refractivity contribution < 1.29 is 9.53 Å². The molecular formula is C10H11N3O2. The zero-order chi connectivity index (χ0) is 10.8. The number of aromatic nitrogens is 2. The topological polar surface area (TPSA) is 70.1 Å². The highest BCUT2D eigenvalue weighted by molar-refractivity contribution is 5.89. The predicted octanol–water partition coefficient (Wildman–Crippen LogP) is 1.62. The predicted molar refractivity (Wildman–Crippen MR) is 56.6 cm³/mol. The number of nitrogens with two attached hydrogens (primary N) is 1. The Labute approximate surface area is 86.4 Å². The third-order valence-electron chi connectivity index (χ3n) is 2.04. The van der Waals surface area contributed by atoms with E-state index in [1.807, 2.05) is 6.07 Å². The summed E-state index contributed by atoms with van der Waals surface area (Å²) in [6.45, 7) is 2.07. The van der Waals surface area contributed by atoms with Gasteiger partial charge in [0, 0.05) is 11.1 Å². The summed E-state index contributed by atoms with van der Waals surface area (Å²) in [5, 5.41) is 4.80. The van der Waals surface area contributed by atoms with Gasteiger partial charge in [0.05, 0.1) is 18.3 Å². The Kier molecular flexibility index (Phi) is 2.29. The molecule has 0 aliphatic heterocycles. The van der Waals surface area contributed by atoms with E-state index in [4.69, 9.17) is 10.5 Å². The standard InChI is InChI=1S/C10H11N3O2/c1-2-15-10(14)13-9-5-8(11)4-3-7(9)6-12-13/h3-6H,2,11H2,1H3. The van der Waals surface area contributed by atoms with Gasteiger partial charge in [-0.05, 0) is 25.1 Å². The van der Waals surface area contributed by atoms with E-state index in [1.54, 1.807) is 25.3 Å². The summed E-state index contributed by atoms with van der Waals surface area (Å²) < 4.78 is 6.06. The summed E-state index contributed by atoms with van der Waals surface area (Å²) in [6.07, 6.45) is 1.12. The van der Waals surface area contributed by atoms with Crippen molar-refractivity contribution in [3.05, 3.63) is 24.4 Å². The lowest BCUT2D eigenvalue weighted by molar-refractivity contribution is 0.151. The smallest absolute Gasteiger partial charge is 0.435 e. The number of hydrogen-bond donors (Lipinski definition) is 1. The van der Waals surface area contributed by atoms with Crippen molar-refractivity contribution in [2.24, 2.45) is 0 Å². The fraction of sp³-hybridized carbons (Fsp3) is 0.200. The highest BCUT2D eigenvalue weighted by Gasteiger charge is 2.10. The maximum Gasteiger partial charge on any atom is 0.435 e. The van der Waals surface area contributed by atoms with Crippen LogP contribution in [0.2, 0.25) is 0 Å². The second kappa shape index (κ2) is 3.61. The molecule has 0 radical (unpaired) electrons. The Balaban J connectivity index is 2.52. The molecule has 1 heterocycles. The van der Waals surface area contributed by atoms with Gasteiger partial charge in [-0.15, -0.1) is 0 Å². The van der Waals surface area contributed by atoms with Crippen molar-refractivity contribution in [3.8, 4) is 0 Å². The molecule has 2 aromatic rings. The van der Waals surface area contributed by atoms with Gasteiger partial charge in [-0.2, -0.15) is 9.78 Å². The Morgan fingerprint density at radius 1 is 1.60 bits per heavy atom. The van der Waals surface area contributed by atoms with Crippen LogP contribution in [0.15, 0.2) is 24.4 Å². The Morgan fingerprint density at radius 2 is 2.40 bits per heavy atom. The maximum atomic E-state index is 11.5. The third-order valence-corrected chi connectivity index (χ3v) is 2.04. The minimum absolute atomic E-state index is 0.322. The zero-order valence-corrected chi connectivity index (χ0v) is 8.30. The average Bonchev–Trinajstić information content (AvgIpc) is 2.60. The molecule has 0 aliphatic carbocycles. The molecule has 0 amide bonds. The first kappa shape index (κ1) is 9.51. The molecule has 1 aromatic carbocycles. The first-order valence-electron chi connectivity index (χ1n) is 4.62. The van der Waals surface area contributed by atoms with Crippen LogP contribution >= 0.6 is 0 Å². The number of carbonyl (C=O) groups excluding carboxylic acids is 1. The van der Waals surface area contributed by atoms with E-state index >= 15 is 0 Å². The highest BCUT2D eigenvalue weighted by Crippen LogP contribution is 2.16. The first-order chi connectivity index (χ1) is 7.22. The lowest BCUT2D eigenvalue weighted by atomic mass is 10.2. The number of fused-ring (bicyclic) bond motifs is 1. The molecule has 15 heavy (non-hydrogen) atoms. The summed E-state index contributed by atoms with van der Waals surface area (Å²) >= 11 is 0. The number of hydrogen-bond acceptors (Lipinski definition) is 4. The van der Waals surface area contributed by atoms with E-state index < -0.39 is 6.09 Å². The fourth-order valence-electron chi connectivity index (χ4n) is 1.37. The van der Waals surface area contributed by atoms with Crippen LogP contribution < -0.4 is 5.73 Å². The lowest BCUT2D eigenvalue weighted by Crippen LogP contribution is -2.14. The van der Waals surface area contributed by atoms with Crippen LogP contribution in [0.25, 0.3) is 10.9 Å². The summed E-state index contributed by atoms with van der Waals surface area (Å²) in [5.74, 6) is 0. The SMILES string of the molecule is CCOC(=O)n1ncc2ccc(N)cc21. The van der Waals surface area contributed by atoms with Gasteiger partial charge in [0.1, 0.15) is 0 Å². The summed E-state index contributed by atoms with van der Waals surface area (Å²) in [6, 6.07) is 5.27. The van der Waals surface area contributed by atoms with Crippen LogP contribution in [0.4, 0.5) is 10.5 Å². The average molecular weight is 205 g/mol. The second-order valence-electron chi connectivity index (χ2n) is 3.07. The number of carbonyl (C=O) groups is 1. The van der Waals surface area contributed by atoms with Gasteiger partial charge < -0.3 is 10.5 Å². The van der Waals surface area contributed by atoms with Crippen molar-refractivity contribution in [2.75, 3.05) is 12.3 Å². The largest absolute Gasteiger partial charge is 0.448 e. The molecule has 0 spiro atoms. The summed E-state index contributed by atoms with van der Waals surface area (Å²) in [4.78, 5) is 11.5. The number of ether oxygens (including phenoxy) is 1. The van der Waals surface area contributed by atoms with Gasteiger partial charge in [0.15, 0.2) is 0 Å². The molecule has 0 unspecified atom stereocenters. The Bertz CT molecular complexity index is 504. The van der Waals surface area contributed by atoms with Crippen LogP contribution in [-0.2, 0) is 4.74 Å². The van der Waals surface area contributed by atoms with E-state index in [2.05, 4.69) is 5.10 Å². The fourth-order valence-corrected chi connectivity index (χ4v) is 1.37. The number of nitrogens with zero attached hydrogens (tertiary/aromatic N) is 2. The molecule has 5 nitrogen and oxygen atoms in total. The van der Waals surface area contributed by atoms with Gasteiger partial charge >= 0.3 is 6.09 Å². The maximum absolute atomic E-state index is 11.5. The zero-order valence-electron chi connectivity index (χ0n) is 8.30. The molecule has 5 heteroatoms. The molecule has 2 rings (SSSR count). The molecule has 78 valence electrons. The number of nitrogen functional groups attached to an aromatic ring is 1. The van der Waals surface area contributed by atoms with E-state index in [9.17, 15) is 4.79 Å². The van der Waals surface area contributed by atoms with E-state index in [1.165, 1.54) is 4.68 Å². The number of benzene rings is 1. The van der Waals surface area contributed by atoms with Gasteiger partial charge in [0.2, 0.25) is 0 Å². The minimum atomic E-state index is -0.488. The molecule has 0 saturated carbocycles. The minimum Gasteiger partial charge on any atom is -0.448 e. The van der Waals surface area contributed by atoms with E-state index in [-0.39, 0.29) is 0 Å². The molecule has 0 fully saturated rings. The van der Waals surface area contributed by atoms with Crippen LogP contribution in [0.3, 0.4) is 0 Å². The van der Waals surface area contributed by atoms with Gasteiger partial charge in [0.25, 0.3) is 0 Å². The van der Waals surface area contributed by atoms with Crippen LogP contribution in [0, 0.1) is 0 Å². The molecular weight excluding hydrogens is 194 g/mol. The summed E-state index contributed by atoms with van der Waals surface area (Å²) in [7, 11) is 0. The number of rotatable bonds is 1. The third kappa shape index (κ3) is 1.63. The molecule has 0 bridgehead atoms. The summed E-state index contributed by atoms with van der Waals surface area (Å²) in [5.41, 5.74) is 6.88. The van der Waals surface area contributed by atoms with Gasteiger partial charge in [-0.1, -0.05) is 0 Å². The first-order valence-corrected chi connectivity index (χ1v) is 4.62. The van der Waals surface area contributed by atoms with Crippen molar-refractivity contribution >= 4 is 22.7 Å². The van der Waals surface area contributed by atoms with Crippen LogP contribution in [0.5, 0.6) is 0 Å². The van der Waals surface area contributed by atoms with Crippen molar-refractivity contribution in [1.29, 1.82) is 0 Å². The van der Waals surface area contributed by atoms with Crippen molar-refractivity contribution in [3.63, 3.8) is 0 Å². The molecule has 2 N–H and O–H groups in total. The van der Waals surface area contributed by atoms with Crippen molar-refractivity contribution in [1.82, 2.24) is 9.78 Å². The van der Waals surface area contributed by atoms with E-state index in [0.29, 0.717) is 17.8 Å². The monoisotopic (exact) mass is 205 g/mol. The van der Waals surface area contributed by atoms with Crippen molar-refractivity contribution in [2.45, 2.75) is 6.92 Å². The quantitative estimate of drug-likeness (QED) is 0.718. The Morgan fingerprint density at radius 3 is 3.13 bits per heavy atom. The normalized spacial score (nSPS) is 10.5. The van der Waals surface area contributed by atoms with E-state index in [0.717, 1.165) is 5.39 Å². The second-order valence-corrected chi connectivity index (χ2v) is 3.07. The molecule has 0 atom stereocenters.